The van der Waals surface area contributed by atoms with Gasteiger partial charge in [-0.2, -0.15) is 0 Å². The number of aromatic nitrogens is 1. The molecule has 23 heavy (non-hydrogen) atoms. The second-order valence-corrected chi connectivity index (χ2v) is 6.37. The van der Waals surface area contributed by atoms with Crippen LogP contribution in [0.2, 0.25) is 0 Å². The molecule has 0 N–H and O–H groups in total. The Balaban J connectivity index is 2.17. The molecule has 0 radical (unpaired) electrons. The first-order chi connectivity index (χ1) is 11.0. The Bertz CT molecular complexity index is 513. The molecule has 0 bridgehead atoms. The summed E-state index contributed by atoms with van der Waals surface area (Å²) in [5.41, 5.74) is 0.637. The molecule has 1 aromatic heterocycles. The van der Waals surface area contributed by atoms with Crippen molar-refractivity contribution in [1.82, 2.24) is 9.88 Å². The summed E-state index contributed by atoms with van der Waals surface area (Å²) in [6.45, 7) is 9.62. The minimum atomic E-state index is 0.0447. The van der Waals surface area contributed by atoms with Gasteiger partial charge >= 0.3 is 0 Å². The van der Waals surface area contributed by atoms with E-state index >= 15 is 0 Å². The van der Waals surface area contributed by atoms with Crippen LogP contribution in [0.25, 0.3) is 0 Å². The van der Waals surface area contributed by atoms with Crippen LogP contribution in [0, 0.1) is 0 Å². The molecule has 0 unspecified atom stereocenters. The average Bonchev–Trinajstić information content (AvgIpc) is 2.55. The highest BCUT2D eigenvalue weighted by atomic mass is 16.5. The van der Waals surface area contributed by atoms with Gasteiger partial charge in [0.15, 0.2) is 0 Å². The number of carbonyl (C=O) groups is 1. The van der Waals surface area contributed by atoms with Crippen molar-refractivity contribution >= 4 is 5.91 Å². The predicted molar refractivity (Wildman–Crippen MR) is 89.8 cm³/mol. The summed E-state index contributed by atoms with van der Waals surface area (Å²) in [6.07, 6.45) is 4.42. The van der Waals surface area contributed by atoms with Gasteiger partial charge in [0.25, 0.3) is 5.91 Å². The van der Waals surface area contributed by atoms with Crippen LogP contribution in [0.5, 0.6) is 5.88 Å². The molecular weight excluding hydrogens is 292 g/mol. The van der Waals surface area contributed by atoms with Gasteiger partial charge in [-0.05, 0) is 46.1 Å². The van der Waals surface area contributed by atoms with E-state index in [9.17, 15) is 4.79 Å². The third-order valence-electron chi connectivity index (χ3n) is 4.25. The Kier molecular flexibility index (Phi) is 6.39. The largest absolute Gasteiger partial charge is 0.475 e. The van der Waals surface area contributed by atoms with Gasteiger partial charge in [-0.15, -0.1) is 0 Å². The fourth-order valence-electron chi connectivity index (χ4n) is 2.83. The van der Waals surface area contributed by atoms with Crippen molar-refractivity contribution in [3.63, 3.8) is 0 Å². The summed E-state index contributed by atoms with van der Waals surface area (Å²) in [4.78, 5) is 19.2. The molecule has 0 aromatic carbocycles. The van der Waals surface area contributed by atoms with Crippen LogP contribution in [-0.2, 0) is 4.74 Å². The molecule has 1 aliphatic heterocycles. The highest BCUT2D eigenvalue weighted by Gasteiger charge is 2.29. The fourth-order valence-corrected chi connectivity index (χ4v) is 2.83. The highest BCUT2D eigenvalue weighted by Crippen LogP contribution is 2.21. The summed E-state index contributed by atoms with van der Waals surface area (Å²) in [5.74, 6) is 0.559. The van der Waals surface area contributed by atoms with Crippen molar-refractivity contribution in [1.29, 1.82) is 0 Å². The van der Waals surface area contributed by atoms with Crippen molar-refractivity contribution in [2.45, 2.75) is 65.1 Å². The van der Waals surface area contributed by atoms with Crippen LogP contribution in [0.1, 0.15) is 57.3 Å². The first-order valence-corrected chi connectivity index (χ1v) is 8.56. The quantitative estimate of drug-likeness (QED) is 0.807. The van der Waals surface area contributed by atoms with Gasteiger partial charge in [-0.25, -0.2) is 4.98 Å². The SMILES string of the molecule is CC[C@H](C)Oc1cc(C(=O)N(C(C)C)C2CCOCC2)ccn1. The molecule has 2 rings (SSSR count). The molecule has 1 atom stereocenters. The highest BCUT2D eigenvalue weighted by molar-refractivity contribution is 5.94. The summed E-state index contributed by atoms with van der Waals surface area (Å²) < 4.78 is 11.2. The van der Waals surface area contributed by atoms with Crippen LogP contribution in [0.15, 0.2) is 18.3 Å². The van der Waals surface area contributed by atoms with Crippen LogP contribution in [0.3, 0.4) is 0 Å². The lowest BCUT2D eigenvalue weighted by Gasteiger charge is -2.37. The number of hydrogen-bond acceptors (Lipinski definition) is 4. The first-order valence-electron chi connectivity index (χ1n) is 8.56. The van der Waals surface area contributed by atoms with Gasteiger partial charge in [0.05, 0.1) is 6.10 Å². The number of ether oxygens (including phenoxy) is 2. The molecule has 1 amide bonds. The fraction of sp³-hybridized carbons (Fsp3) is 0.667. The topological polar surface area (TPSA) is 51.7 Å². The van der Waals surface area contributed by atoms with Gasteiger partial charge in [-0.3, -0.25) is 4.79 Å². The maximum Gasteiger partial charge on any atom is 0.254 e. The lowest BCUT2D eigenvalue weighted by Crippen LogP contribution is -2.47. The minimum Gasteiger partial charge on any atom is -0.475 e. The van der Waals surface area contributed by atoms with E-state index in [4.69, 9.17) is 9.47 Å². The van der Waals surface area contributed by atoms with Crippen molar-refractivity contribution in [2.75, 3.05) is 13.2 Å². The maximum absolute atomic E-state index is 13.0. The number of hydrogen-bond donors (Lipinski definition) is 0. The molecule has 5 heteroatoms. The second-order valence-electron chi connectivity index (χ2n) is 6.37. The molecule has 0 aliphatic carbocycles. The molecule has 0 spiro atoms. The minimum absolute atomic E-state index is 0.0447. The van der Waals surface area contributed by atoms with Gasteiger partial charge in [0.2, 0.25) is 5.88 Å². The Morgan fingerprint density at radius 3 is 2.70 bits per heavy atom. The van der Waals surface area contributed by atoms with Crippen LogP contribution >= 0.6 is 0 Å². The molecular formula is C18H28N2O3. The lowest BCUT2D eigenvalue weighted by atomic mass is 10.0. The Morgan fingerprint density at radius 1 is 1.39 bits per heavy atom. The molecule has 1 aromatic rings. The molecule has 5 nitrogen and oxygen atoms in total. The van der Waals surface area contributed by atoms with Crippen molar-refractivity contribution in [3.05, 3.63) is 23.9 Å². The lowest BCUT2D eigenvalue weighted by molar-refractivity contribution is 0.0205. The summed E-state index contributed by atoms with van der Waals surface area (Å²) in [5, 5.41) is 0. The van der Waals surface area contributed by atoms with Crippen LogP contribution in [0.4, 0.5) is 0 Å². The van der Waals surface area contributed by atoms with E-state index in [0.717, 1.165) is 32.5 Å². The van der Waals surface area contributed by atoms with Crippen molar-refractivity contribution in [3.8, 4) is 5.88 Å². The van der Waals surface area contributed by atoms with E-state index in [1.54, 1.807) is 18.3 Å². The van der Waals surface area contributed by atoms with E-state index in [-0.39, 0.29) is 24.1 Å². The van der Waals surface area contributed by atoms with Gasteiger partial charge < -0.3 is 14.4 Å². The van der Waals surface area contributed by atoms with E-state index in [1.165, 1.54) is 0 Å². The Morgan fingerprint density at radius 2 is 2.09 bits per heavy atom. The third-order valence-corrected chi connectivity index (χ3v) is 4.25. The van der Waals surface area contributed by atoms with E-state index in [2.05, 4.69) is 25.8 Å². The molecule has 0 saturated carbocycles. The van der Waals surface area contributed by atoms with Gasteiger partial charge in [0, 0.05) is 43.1 Å². The Hall–Kier alpha value is -1.62. The summed E-state index contributed by atoms with van der Waals surface area (Å²) >= 11 is 0. The Labute approximate surface area is 139 Å². The van der Waals surface area contributed by atoms with Gasteiger partial charge in [-0.1, -0.05) is 6.92 Å². The molecule has 1 fully saturated rings. The van der Waals surface area contributed by atoms with Crippen molar-refractivity contribution < 1.29 is 14.3 Å². The molecule has 2 heterocycles. The van der Waals surface area contributed by atoms with Crippen molar-refractivity contribution in [2.24, 2.45) is 0 Å². The molecule has 1 saturated heterocycles. The zero-order valence-electron chi connectivity index (χ0n) is 14.6. The second kappa shape index (κ2) is 8.29. The van der Waals surface area contributed by atoms with Crippen LogP contribution < -0.4 is 4.74 Å². The first kappa shape index (κ1) is 17.7. The average molecular weight is 320 g/mol. The maximum atomic E-state index is 13.0. The standard InChI is InChI=1S/C18H28N2O3/c1-5-14(4)23-17-12-15(6-9-19-17)18(21)20(13(2)3)16-7-10-22-11-8-16/h6,9,12-14,16H,5,7-8,10-11H2,1-4H3/t14-/m0/s1. The van der Waals surface area contributed by atoms with Crippen LogP contribution in [-0.4, -0.2) is 47.2 Å². The van der Waals surface area contributed by atoms with Gasteiger partial charge in [0.1, 0.15) is 0 Å². The third kappa shape index (κ3) is 4.67. The monoisotopic (exact) mass is 320 g/mol. The summed E-state index contributed by atoms with van der Waals surface area (Å²) in [7, 11) is 0. The number of amides is 1. The summed E-state index contributed by atoms with van der Waals surface area (Å²) in [6, 6.07) is 3.91. The molecule has 128 valence electrons. The number of nitrogens with zero attached hydrogens (tertiary/aromatic N) is 2. The number of pyridine rings is 1. The normalized spacial score (nSPS) is 17.1. The van der Waals surface area contributed by atoms with E-state index in [0.29, 0.717) is 11.4 Å². The number of rotatable bonds is 6. The van der Waals surface area contributed by atoms with E-state index in [1.807, 2.05) is 11.8 Å². The smallest absolute Gasteiger partial charge is 0.254 e. The number of carbonyl (C=O) groups excluding carboxylic acids is 1. The zero-order chi connectivity index (χ0) is 16.8. The van der Waals surface area contributed by atoms with E-state index < -0.39 is 0 Å². The zero-order valence-corrected chi connectivity index (χ0v) is 14.6. The molecule has 1 aliphatic rings. The predicted octanol–water partition coefficient (Wildman–Crippen LogP) is 3.29.